The van der Waals surface area contributed by atoms with Crippen molar-refractivity contribution >= 4 is 44.6 Å². The van der Waals surface area contributed by atoms with Crippen LogP contribution in [0.4, 0.5) is 23.2 Å². The summed E-state index contributed by atoms with van der Waals surface area (Å²) < 4.78 is 61.0. The second kappa shape index (κ2) is 10.4. The molecule has 5 rings (SSSR count). The van der Waals surface area contributed by atoms with Gasteiger partial charge in [-0.1, -0.05) is 11.6 Å². The van der Waals surface area contributed by atoms with Gasteiger partial charge in [-0.25, -0.2) is 27.7 Å². The Kier molecular flexibility index (Phi) is 7.19. The molecule has 0 radical (unpaired) electrons. The van der Waals surface area contributed by atoms with Gasteiger partial charge in [0.25, 0.3) is 0 Å². The van der Waals surface area contributed by atoms with Gasteiger partial charge in [0.2, 0.25) is 5.95 Å². The zero-order valence-electron chi connectivity index (χ0n) is 20.0. The summed E-state index contributed by atoms with van der Waals surface area (Å²) in [5.74, 6) is -5.66. The van der Waals surface area contributed by atoms with E-state index in [4.69, 9.17) is 16.9 Å². The predicted octanol–water partition coefficient (Wildman–Crippen LogP) is 6.87. The van der Waals surface area contributed by atoms with Gasteiger partial charge in [-0.2, -0.15) is 15.3 Å². The van der Waals surface area contributed by atoms with E-state index in [0.717, 1.165) is 22.7 Å². The van der Waals surface area contributed by atoms with E-state index in [-0.39, 0.29) is 15.4 Å². The number of halogens is 6. The summed E-state index contributed by atoms with van der Waals surface area (Å²) in [4.78, 5) is 9.01. The fourth-order valence-electron chi connectivity index (χ4n) is 4.16. The van der Waals surface area contributed by atoms with E-state index < -0.39 is 39.8 Å². The standard InChI is InChI=1S/C25H15BrClF4N7S/c1-11-5-15(12(2)38(11)24-33-10-34-36-24)18-9-39-25(35-14-4-3-13(7-32)17(27)6-14)37(18)8-16-20(28)22(30)19(26)23(31)21(16)29/h3-6,9-10H,8H2,1-2H3,(H,33,34,36). The monoisotopic (exact) mass is 635 g/mol. The number of aryl methyl sites for hydroxylation is 1. The number of H-pyrrole nitrogens is 1. The van der Waals surface area contributed by atoms with Crippen LogP contribution in [0.15, 0.2) is 45.4 Å². The molecule has 3 aromatic heterocycles. The first-order valence-electron chi connectivity index (χ1n) is 11.1. The molecule has 0 saturated carbocycles. The third-order valence-corrected chi connectivity index (χ3v) is 7.91. The Hall–Kier alpha value is -3.73. The van der Waals surface area contributed by atoms with Crippen LogP contribution in [0, 0.1) is 48.4 Å². The quantitative estimate of drug-likeness (QED) is 0.130. The lowest BCUT2D eigenvalue weighted by atomic mass is 10.1. The topological polar surface area (TPSA) is 87.6 Å². The lowest BCUT2D eigenvalue weighted by molar-refractivity contribution is 0.428. The molecule has 0 amide bonds. The number of nitrogens with one attached hydrogen (secondary N) is 1. The summed E-state index contributed by atoms with van der Waals surface area (Å²) >= 11 is 9.86. The summed E-state index contributed by atoms with van der Waals surface area (Å²) in [7, 11) is 0. The summed E-state index contributed by atoms with van der Waals surface area (Å²) in [5.41, 5.74) is 2.46. The lowest BCUT2D eigenvalue weighted by Gasteiger charge is -2.13. The van der Waals surface area contributed by atoms with Crippen molar-refractivity contribution < 1.29 is 17.6 Å². The second-order valence-electron chi connectivity index (χ2n) is 8.36. The Morgan fingerprint density at radius 2 is 1.85 bits per heavy atom. The molecule has 198 valence electrons. The molecule has 0 aliphatic carbocycles. The maximum atomic E-state index is 14.9. The molecule has 0 bridgehead atoms. The molecule has 0 saturated heterocycles. The van der Waals surface area contributed by atoms with E-state index in [2.05, 4.69) is 36.1 Å². The van der Waals surface area contributed by atoms with Crippen LogP contribution in [-0.4, -0.2) is 24.3 Å². The molecule has 1 N–H and O–H groups in total. The highest BCUT2D eigenvalue weighted by Gasteiger charge is 2.26. The second-order valence-corrected chi connectivity index (χ2v) is 10.4. The summed E-state index contributed by atoms with van der Waals surface area (Å²) in [6.07, 6.45) is 1.36. The van der Waals surface area contributed by atoms with Crippen LogP contribution in [0.25, 0.3) is 17.2 Å². The van der Waals surface area contributed by atoms with Crippen molar-refractivity contribution in [2.24, 2.45) is 4.99 Å². The van der Waals surface area contributed by atoms with Crippen LogP contribution in [0.3, 0.4) is 0 Å². The molecule has 3 heterocycles. The van der Waals surface area contributed by atoms with E-state index in [1.807, 2.05) is 30.6 Å². The number of rotatable bonds is 5. The molecular weight excluding hydrogens is 622 g/mol. The Balaban J connectivity index is 1.75. The van der Waals surface area contributed by atoms with Gasteiger partial charge >= 0.3 is 0 Å². The maximum absolute atomic E-state index is 14.9. The average molecular weight is 637 g/mol. The van der Waals surface area contributed by atoms with Crippen molar-refractivity contribution in [1.29, 1.82) is 5.26 Å². The first kappa shape index (κ1) is 26.9. The van der Waals surface area contributed by atoms with Crippen molar-refractivity contribution in [2.75, 3.05) is 0 Å². The van der Waals surface area contributed by atoms with Gasteiger partial charge in [0, 0.05) is 27.9 Å². The number of hydrogen-bond acceptors (Lipinski definition) is 5. The number of aromatic amines is 1. The third-order valence-electron chi connectivity index (χ3n) is 6.03. The summed E-state index contributed by atoms with van der Waals surface area (Å²) in [5, 5.41) is 17.7. The van der Waals surface area contributed by atoms with Crippen LogP contribution in [0.1, 0.15) is 22.5 Å². The summed E-state index contributed by atoms with van der Waals surface area (Å²) in [6, 6.07) is 8.32. The van der Waals surface area contributed by atoms with E-state index >= 15 is 0 Å². The molecule has 0 unspecified atom stereocenters. The predicted molar refractivity (Wildman–Crippen MR) is 141 cm³/mol. The van der Waals surface area contributed by atoms with E-state index in [9.17, 15) is 17.6 Å². The van der Waals surface area contributed by atoms with Gasteiger partial charge in [-0.05, 0) is 54.0 Å². The highest BCUT2D eigenvalue weighted by Crippen LogP contribution is 2.32. The van der Waals surface area contributed by atoms with Gasteiger partial charge in [-0.15, -0.1) is 11.3 Å². The number of benzene rings is 2. The fourth-order valence-corrected chi connectivity index (χ4v) is 5.65. The van der Waals surface area contributed by atoms with Gasteiger partial charge in [-0.3, -0.25) is 4.57 Å². The molecule has 0 fully saturated rings. The summed E-state index contributed by atoms with van der Waals surface area (Å²) in [6.45, 7) is 3.09. The number of aromatic nitrogens is 5. The van der Waals surface area contributed by atoms with Crippen molar-refractivity contribution in [3.05, 3.63) is 96.1 Å². The van der Waals surface area contributed by atoms with E-state index in [0.29, 0.717) is 22.9 Å². The highest BCUT2D eigenvalue weighted by atomic mass is 79.9. The molecule has 0 spiro atoms. The molecule has 0 aliphatic heterocycles. The van der Waals surface area contributed by atoms with Gasteiger partial charge in [0.05, 0.1) is 33.0 Å². The van der Waals surface area contributed by atoms with Crippen molar-refractivity contribution in [1.82, 2.24) is 24.3 Å². The highest BCUT2D eigenvalue weighted by molar-refractivity contribution is 9.10. The smallest absolute Gasteiger partial charge is 0.229 e. The van der Waals surface area contributed by atoms with Crippen molar-refractivity contribution in [2.45, 2.75) is 20.4 Å². The van der Waals surface area contributed by atoms with E-state index in [1.54, 1.807) is 11.4 Å². The Labute approximate surface area is 235 Å². The molecule has 14 heteroatoms. The third kappa shape index (κ3) is 4.69. The molecule has 7 nitrogen and oxygen atoms in total. The van der Waals surface area contributed by atoms with Crippen LogP contribution in [0.2, 0.25) is 5.02 Å². The van der Waals surface area contributed by atoms with Gasteiger partial charge < -0.3 is 4.57 Å². The van der Waals surface area contributed by atoms with Crippen LogP contribution in [0.5, 0.6) is 0 Å². The lowest BCUT2D eigenvalue weighted by Crippen LogP contribution is -2.19. The van der Waals surface area contributed by atoms with Gasteiger partial charge in [0.15, 0.2) is 28.1 Å². The van der Waals surface area contributed by atoms with Crippen molar-refractivity contribution in [3.63, 3.8) is 0 Å². The largest absolute Gasteiger partial charge is 0.312 e. The molecule has 39 heavy (non-hydrogen) atoms. The first-order valence-corrected chi connectivity index (χ1v) is 13.2. The Morgan fingerprint density at radius 3 is 2.46 bits per heavy atom. The zero-order valence-corrected chi connectivity index (χ0v) is 23.2. The van der Waals surface area contributed by atoms with Crippen LogP contribution < -0.4 is 4.80 Å². The molecule has 0 aliphatic rings. The Morgan fingerprint density at radius 1 is 1.13 bits per heavy atom. The number of nitrogens with zero attached hydrogens (tertiary/aromatic N) is 6. The number of hydrogen-bond donors (Lipinski definition) is 1. The molecule has 0 atom stereocenters. The SMILES string of the molecule is Cc1cc(-c2csc(=Nc3ccc(C#N)c(Cl)c3)n2Cc2c(F)c(F)c(Br)c(F)c2F)c(C)n1-c1ncn[nH]1. The minimum atomic E-state index is -1.54. The fraction of sp³-hybridized carbons (Fsp3) is 0.120. The molecule has 2 aromatic carbocycles. The zero-order chi connectivity index (χ0) is 28.0. The minimum Gasteiger partial charge on any atom is -0.312 e. The molecule has 5 aromatic rings. The number of nitriles is 1. The van der Waals surface area contributed by atoms with Crippen LogP contribution >= 0.6 is 38.9 Å². The van der Waals surface area contributed by atoms with E-state index in [1.165, 1.54) is 23.0 Å². The minimum absolute atomic E-state index is 0.173. The van der Waals surface area contributed by atoms with Gasteiger partial charge in [0.1, 0.15) is 12.4 Å². The first-order chi connectivity index (χ1) is 18.6. The maximum Gasteiger partial charge on any atom is 0.229 e. The van der Waals surface area contributed by atoms with Crippen molar-refractivity contribution in [3.8, 4) is 23.3 Å². The molecular formula is C25H15BrClF4N7S. The normalized spacial score (nSPS) is 11.8. The Bertz CT molecular complexity index is 1820. The van der Waals surface area contributed by atoms with Crippen LogP contribution in [-0.2, 0) is 6.54 Å². The average Bonchev–Trinajstić information content (AvgIpc) is 3.64. The number of thiazole rings is 1.